The maximum Gasteiger partial charge on any atom is 0.256 e. The molecule has 2 nitrogen and oxygen atoms in total. The number of carbonyl (C=O) groups excluding carboxylic acids is 1. The monoisotopic (exact) mass is 318 g/mol. The van der Waals surface area contributed by atoms with Crippen molar-refractivity contribution in [3.63, 3.8) is 0 Å². The van der Waals surface area contributed by atoms with E-state index in [1.807, 2.05) is 19.1 Å². The fourth-order valence-electron chi connectivity index (χ4n) is 2.64. The van der Waals surface area contributed by atoms with Gasteiger partial charge < -0.3 is 4.74 Å². The zero-order chi connectivity index (χ0) is 15.7. The Morgan fingerprint density at radius 1 is 1.27 bits per heavy atom. The number of carbonyl (C=O) groups is 1. The first kappa shape index (κ1) is 15.0. The smallest absolute Gasteiger partial charge is 0.256 e. The molecule has 1 aliphatic rings. The summed E-state index contributed by atoms with van der Waals surface area (Å²) in [5, 5.41) is -0.518. The van der Waals surface area contributed by atoms with Gasteiger partial charge in [-0.1, -0.05) is 12.1 Å². The Kier molecular flexibility index (Phi) is 4.16. The van der Waals surface area contributed by atoms with Crippen molar-refractivity contribution in [2.75, 3.05) is 6.61 Å². The zero-order valence-electron chi connectivity index (χ0n) is 12.2. The molecule has 1 fully saturated rings. The average Bonchev–Trinajstić information content (AvgIpc) is 3.32. The maximum atomic E-state index is 13.2. The highest BCUT2D eigenvalue weighted by molar-refractivity contribution is 6.68. The quantitative estimate of drug-likeness (QED) is 0.713. The van der Waals surface area contributed by atoms with Gasteiger partial charge in [0.1, 0.15) is 11.6 Å². The molecule has 2 aromatic rings. The standard InChI is InChI=1S/C18H16ClFO2/c1-2-22-17-10-15(12-5-7-13(20)8-6-12)14(11-3-4-11)9-16(17)18(19)21/h5-11H,2-4H2,1H3. The Balaban J connectivity index is 2.16. The molecule has 2 aromatic carbocycles. The molecule has 1 saturated carbocycles. The van der Waals surface area contributed by atoms with Crippen LogP contribution in [0.3, 0.4) is 0 Å². The lowest BCUT2D eigenvalue weighted by molar-refractivity contribution is 0.107. The lowest BCUT2D eigenvalue weighted by atomic mass is 9.94. The molecular formula is C18H16ClFO2. The maximum absolute atomic E-state index is 13.2. The van der Waals surface area contributed by atoms with E-state index in [0.717, 1.165) is 29.5 Å². The highest BCUT2D eigenvalue weighted by Gasteiger charge is 2.28. The fraction of sp³-hybridized carbons (Fsp3) is 0.278. The zero-order valence-corrected chi connectivity index (χ0v) is 13.0. The van der Waals surface area contributed by atoms with E-state index in [9.17, 15) is 9.18 Å². The van der Waals surface area contributed by atoms with Gasteiger partial charge in [-0.25, -0.2) is 4.39 Å². The van der Waals surface area contributed by atoms with Crippen molar-refractivity contribution in [3.8, 4) is 16.9 Å². The molecule has 0 atom stereocenters. The van der Waals surface area contributed by atoms with Gasteiger partial charge >= 0.3 is 0 Å². The van der Waals surface area contributed by atoms with Gasteiger partial charge in [-0.2, -0.15) is 0 Å². The van der Waals surface area contributed by atoms with Crippen LogP contribution < -0.4 is 4.74 Å². The molecule has 22 heavy (non-hydrogen) atoms. The summed E-state index contributed by atoms with van der Waals surface area (Å²) in [6.45, 7) is 2.30. The van der Waals surface area contributed by atoms with Crippen molar-refractivity contribution in [2.24, 2.45) is 0 Å². The van der Waals surface area contributed by atoms with Crippen LogP contribution in [-0.2, 0) is 0 Å². The molecule has 0 radical (unpaired) electrons. The molecule has 0 unspecified atom stereocenters. The Bertz CT molecular complexity index is 706. The molecule has 3 rings (SSSR count). The highest BCUT2D eigenvalue weighted by Crippen LogP contribution is 2.46. The van der Waals surface area contributed by atoms with Crippen molar-refractivity contribution >= 4 is 16.8 Å². The fourth-order valence-corrected chi connectivity index (χ4v) is 2.78. The number of halogens is 2. The third-order valence-corrected chi connectivity index (χ3v) is 4.04. The molecule has 0 amide bonds. The number of hydrogen-bond donors (Lipinski definition) is 0. The minimum Gasteiger partial charge on any atom is -0.493 e. The lowest BCUT2D eigenvalue weighted by Gasteiger charge is -2.15. The van der Waals surface area contributed by atoms with Crippen LogP contribution in [0.5, 0.6) is 5.75 Å². The molecule has 0 saturated heterocycles. The summed E-state index contributed by atoms with van der Waals surface area (Å²) in [5.41, 5.74) is 3.38. The summed E-state index contributed by atoms with van der Waals surface area (Å²) in [4.78, 5) is 11.7. The summed E-state index contributed by atoms with van der Waals surface area (Å²) in [6, 6.07) is 10.0. The average molecular weight is 319 g/mol. The van der Waals surface area contributed by atoms with Gasteiger partial charge in [-0.3, -0.25) is 4.79 Å². The lowest BCUT2D eigenvalue weighted by Crippen LogP contribution is -2.02. The molecule has 0 bridgehead atoms. The summed E-state index contributed by atoms with van der Waals surface area (Å²) >= 11 is 5.69. The van der Waals surface area contributed by atoms with Gasteiger partial charge in [0.05, 0.1) is 12.2 Å². The second-order valence-corrected chi connectivity index (χ2v) is 5.77. The van der Waals surface area contributed by atoms with Gasteiger partial charge in [0.2, 0.25) is 0 Å². The van der Waals surface area contributed by atoms with Crippen LogP contribution in [0.15, 0.2) is 36.4 Å². The van der Waals surface area contributed by atoms with Gasteiger partial charge in [0.25, 0.3) is 5.24 Å². The van der Waals surface area contributed by atoms with Crippen LogP contribution >= 0.6 is 11.6 Å². The van der Waals surface area contributed by atoms with Gasteiger partial charge in [-0.15, -0.1) is 0 Å². The van der Waals surface area contributed by atoms with E-state index >= 15 is 0 Å². The van der Waals surface area contributed by atoms with E-state index in [1.165, 1.54) is 12.1 Å². The third-order valence-electron chi connectivity index (χ3n) is 3.84. The van der Waals surface area contributed by atoms with Crippen molar-refractivity contribution in [1.29, 1.82) is 0 Å². The van der Waals surface area contributed by atoms with Crippen LogP contribution in [0.2, 0.25) is 0 Å². The topological polar surface area (TPSA) is 26.3 Å². The van der Waals surface area contributed by atoms with E-state index < -0.39 is 5.24 Å². The van der Waals surface area contributed by atoms with Gasteiger partial charge in [0.15, 0.2) is 0 Å². The molecule has 0 N–H and O–H groups in total. The third kappa shape index (κ3) is 3.00. The molecule has 4 heteroatoms. The Hall–Kier alpha value is -1.87. The first-order valence-electron chi connectivity index (χ1n) is 7.36. The summed E-state index contributed by atoms with van der Waals surface area (Å²) in [5.74, 6) is 0.644. The number of benzene rings is 2. The normalized spacial score (nSPS) is 14.0. The SMILES string of the molecule is CCOc1cc(-c2ccc(F)cc2)c(C2CC2)cc1C(=O)Cl. The van der Waals surface area contributed by atoms with E-state index in [2.05, 4.69) is 0 Å². The van der Waals surface area contributed by atoms with Crippen LogP contribution in [0.25, 0.3) is 11.1 Å². The molecule has 1 aliphatic carbocycles. The minimum absolute atomic E-state index is 0.269. The summed E-state index contributed by atoms with van der Waals surface area (Å²) in [7, 11) is 0. The molecule has 0 heterocycles. The first-order chi connectivity index (χ1) is 10.6. The van der Waals surface area contributed by atoms with Gasteiger partial charge in [0, 0.05) is 0 Å². The van der Waals surface area contributed by atoms with E-state index in [-0.39, 0.29) is 5.82 Å². The second-order valence-electron chi connectivity index (χ2n) is 5.42. The van der Waals surface area contributed by atoms with Crippen molar-refractivity contribution in [1.82, 2.24) is 0 Å². The predicted octanol–water partition coefficient (Wildman–Crippen LogP) is 5.15. The van der Waals surface area contributed by atoms with Crippen molar-refractivity contribution in [2.45, 2.75) is 25.7 Å². The molecular weight excluding hydrogens is 303 g/mol. The molecule has 0 spiro atoms. The van der Waals surface area contributed by atoms with Crippen molar-refractivity contribution < 1.29 is 13.9 Å². The van der Waals surface area contributed by atoms with Gasteiger partial charge in [-0.05, 0) is 78.2 Å². The summed E-state index contributed by atoms with van der Waals surface area (Å²) < 4.78 is 18.7. The number of ether oxygens (including phenoxy) is 1. The Morgan fingerprint density at radius 2 is 1.95 bits per heavy atom. The number of rotatable bonds is 5. The van der Waals surface area contributed by atoms with E-state index in [1.54, 1.807) is 12.1 Å². The Morgan fingerprint density at radius 3 is 2.50 bits per heavy atom. The predicted molar refractivity (Wildman–Crippen MR) is 85.2 cm³/mol. The largest absolute Gasteiger partial charge is 0.493 e. The minimum atomic E-state index is -0.518. The Labute approximate surface area is 133 Å². The van der Waals surface area contributed by atoms with Crippen molar-refractivity contribution in [3.05, 3.63) is 53.3 Å². The molecule has 0 aliphatic heterocycles. The van der Waals surface area contributed by atoms with Crippen LogP contribution in [0.1, 0.15) is 41.6 Å². The van der Waals surface area contributed by atoms with E-state index in [4.69, 9.17) is 16.3 Å². The van der Waals surface area contributed by atoms with Crippen LogP contribution in [-0.4, -0.2) is 11.8 Å². The van der Waals surface area contributed by atoms with E-state index in [0.29, 0.717) is 23.8 Å². The summed E-state index contributed by atoms with van der Waals surface area (Å²) in [6.07, 6.45) is 2.19. The molecule has 114 valence electrons. The molecule has 0 aromatic heterocycles. The van der Waals surface area contributed by atoms with Crippen LogP contribution in [0.4, 0.5) is 4.39 Å². The highest BCUT2D eigenvalue weighted by atomic mass is 35.5. The number of hydrogen-bond acceptors (Lipinski definition) is 2. The first-order valence-corrected chi connectivity index (χ1v) is 7.74. The second kappa shape index (κ2) is 6.09. The van der Waals surface area contributed by atoms with Crippen LogP contribution in [0, 0.1) is 5.82 Å².